The molecule has 0 amide bonds. The summed E-state index contributed by atoms with van der Waals surface area (Å²) in [6.45, 7) is 2.03. The van der Waals surface area contributed by atoms with Crippen LogP contribution in [0.3, 0.4) is 0 Å². The number of hydrogen-bond acceptors (Lipinski definition) is 4. The molecule has 2 heterocycles. The van der Waals surface area contributed by atoms with E-state index in [4.69, 9.17) is 4.74 Å². The summed E-state index contributed by atoms with van der Waals surface area (Å²) in [5, 5.41) is 6.40. The van der Waals surface area contributed by atoms with Crippen LogP contribution < -0.4 is 0 Å². The minimum atomic E-state index is -0.431. The Hall–Kier alpha value is -2.40. The predicted molar refractivity (Wildman–Crippen MR) is 83.0 cm³/mol. The van der Waals surface area contributed by atoms with E-state index in [0.29, 0.717) is 5.69 Å². The van der Waals surface area contributed by atoms with Gasteiger partial charge in [-0.05, 0) is 36.1 Å². The van der Waals surface area contributed by atoms with Gasteiger partial charge < -0.3 is 4.74 Å². The van der Waals surface area contributed by atoms with Crippen molar-refractivity contribution in [2.24, 2.45) is 0 Å². The highest BCUT2D eigenvalue weighted by Crippen LogP contribution is 2.28. The molecule has 5 heteroatoms. The Balaban J connectivity index is 2.18. The van der Waals surface area contributed by atoms with Crippen LogP contribution in [0.2, 0.25) is 0 Å². The maximum absolute atomic E-state index is 11.8. The summed E-state index contributed by atoms with van der Waals surface area (Å²) < 4.78 is 6.55. The molecular formula is C16H14N2O2S. The smallest absolute Gasteiger partial charge is 0.358 e. The number of aryl methyl sites for hydroxylation is 1. The highest BCUT2D eigenvalue weighted by atomic mass is 32.1. The van der Waals surface area contributed by atoms with Crippen LogP contribution in [0, 0.1) is 6.92 Å². The van der Waals surface area contributed by atoms with Crippen molar-refractivity contribution >= 4 is 17.3 Å². The highest BCUT2D eigenvalue weighted by molar-refractivity contribution is 7.13. The third-order valence-electron chi connectivity index (χ3n) is 3.12. The largest absolute Gasteiger partial charge is 0.464 e. The van der Waals surface area contributed by atoms with Gasteiger partial charge in [-0.3, -0.25) is 0 Å². The molecule has 4 nitrogen and oxygen atoms in total. The third-order valence-corrected chi connectivity index (χ3v) is 4.02. The van der Waals surface area contributed by atoms with Crippen LogP contribution in [-0.2, 0) is 4.74 Å². The highest BCUT2D eigenvalue weighted by Gasteiger charge is 2.17. The van der Waals surface area contributed by atoms with Crippen LogP contribution in [0.5, 0.6) is 0 Å². The molecule has 0 aliphatic heterocycles. The number of thiophene rings is 1. The van der Waals surface area contributed by atoms with Gasteiger partial charge in [-0.2, -0.15) is 5.10 Å². The molecule has 3 rings (SSSR count). The van der Waals surface area contributed by atoms with Crippen LogP contribution >= 0.6 is 11.3 Å². The van der Waals surface area contributed by atoms with Gasteiger partial charge in [0.05, 0.1) is 23.4 Å². The molecule has 106 valence electrons. The Morgan fingerprint density at radius 3 is 2.76 bits per heavy atom. The zero-order valence-electron chi connectivity index (χ0n) is 11.7. The standard InChI is InChI=1S/C16H14N2O2S/c1-11-5-3-6-12(9-11)18-14(15-7-4-8-21-15)10-13(17-18)16(19)20-2/h3-10H,1-2H3. The minimum Gasteiger partial charge on any atom is -0.464 e. The van der Waals surface area contributed by atoms with E-state index >= 15 is 0 Å². The molecule has 0 aliphatic rings. The number of esters is 1. The van der Waals surface area contributed by atoms with Gasteiger partial charge >= 0.3 is 5.97 Å². The topological polar surface area (TPSA) is 44.1 Å². The van der Waals surface area contributed by atoms with E-state index in [2.05, 4.69) is 5.10 Å². The van der Waals surface area contributed by atoms with E-state index < -0.39 is 5.97 Å². The van der Waals surface area contributed by atoms with Gasteiger partial charge in [0.2, 0.25) is 0 Å². The maximum Gasteiger partial charge on any atom is 0.358 e. The predicted octanol–water partition coefficient (Wildman–Crippen LogP) is 3.70. The molecule has 0 spiro atoms. The first-order valence-corrected chi connectivity index (χ1v) is 7.36. The molecule has 21 heavy (non-hydrogen) atoms. The summed E-state index contributed by atoms with van der Waals surface area (Å²) >= 11 is 1.61. The zero-order valence-corrected chi connectivity index (χ0v) is 12.6. The summed E-state index contributed by atoms with van der Waals surface area (Å²) in [7, 11) is 1.36. The lowest BCUT2D eigenvalue weighted by Crippen LogP contribution is -2.04. The van der Waals surface area contributed by atoms with Gasteiger partial charge in [-0.15, -0.1) is 11.3 Å². The van der Waals surface area contributed by atoms with Crippen molar-refractivity contribution in [1.82, 2.24) is 9.78 Å². The number of benzene rings is 1. The number of methoxy groups -OCH3 is 1. The molecule has 1 aromatic carbocycles. The molecule has 0 saturated heterocycles. The Kier molecular flexibility index (Phi) is 3.58. The first kappa shape index (κ1) is 13.6. The number of rotatable bonds is 3. The lowest BCUT2D eigenvalue weighted by molar-refractivity contribution is 0.0593. The second kappa shape index (κ2) is 5.54. The monoisotopic (exact) mass is 298 g/mol. The lowest BCUT2D eigenvalue weighted by atomic mass is 10.2. The van der Waals surface area contributed by atoms with E-state index in [1.807, 2.05) is 48.7 Å². The normalized spacial score (nSPS) is 10.6. The van der Waals surface area contributed by atoms with Crippen LogP contribution in [0.1, 0.15) is 16.1 Å². The van der Waals surface area contributed by atoms with Crippen LogP contribution in [0.15, 0.2) is 47.8 Å². The molecule has 0 radical (unpaired) electrons. The van der Waals surface area contributed by atoms with Gasteiger partial charge in [0.25, 0.3) is 0 Å². The SMILES string of the molecule is COC(=O)c1cc(-c2cccs2)n(-c2cccc(C)c2)n1. The molecule has 0 fully saturated rings. The van der Waals surface area contributed by atoms with E-state index in [9.17, 15) is 4.79 Å². The van der Waals surface area contributed by atoms with E-state index in [1.165, 1.54) is 7.11 Å². The Morgan fingerprint density at radius 1 is 1.24 bits per heavy atom. The third kappa shape index (κ3) is 2.60. The summed E-state index contributed by atoms with van der Waals surface area (Å²) in [6.07, 6.45) is 0. The molecule has 0 N–H and O–H groups in total. The Morgan fingerprint density at radius 2 is 2.10 bits per heavy atom. The maximum atomic E-state index is 11.8. The van der Waals surface area contributed by atoms with Gasteiger partial charge in [-0.25, -0.2) is 9.48 Å². The van der Waals surface area contributed by atoms with Gasteiger partial charge in [0, 0.05) is 6.07 Å². The zero-order chi connectivity index (χ0) is 14.8. The quantitative estimate of drug-likeness (QED) is 0.693. The molecule has 3 aromatic rings. The first-order chi connectivity index (χ1) is 10.2. The summed E-state index contributed by atoms with van der Waals surface area (Å²) in [5.41, 5.74) is 3.26. The number of ether oxygens (including phenoxy) is 1. The second-order valence-electron chi connectivity index (χ2n) is 4.63. The number of hydrogen-bond donors (Lipinski definition) is 0. The number of nitrogens with zero attached hydrogens (tertiary/aromatic N) is 2. The molecule has 0 unspecified atom stereocenters. The molecule has 0 aliphatic carbocycles. The average molecular weight is 298 g/mol. The van der Waals surface area contributed by atoms with Gasteiger partial charge in [0.15, 0.2) is 5.69 Å². The van der Waals surface area contributed by atoms with Crippen LogP contribution in [0.4, 0.5) is 0 Å². The van der Waals surface area contributed by atoms with Crippen molar-refractivity contribution in [1.29, 1.82) is 0 Å². The number of carbonyl (C=O) groups is 1. The van der Waals surface area contributed by atoms with Crippen molar-refractivity contribution in [3.63, 3.8) is 0 Å². The summed E-state index contributed by atoms with van der Waals surface area (Å²) in [5.74, 6) is -0.431. The van der Waals surface area contributed by atoms with Crippen LogP contribution in [0.25, 0.3) is 16.3 Å². The fourth-order valence-corrected chi connectivity index (χ4v) is 2.87. The molecular weight excluding hydrogens is 284 g/mol. The number of aromatic nitrogens is 2. The minimum absolute atomic E-state index is 0.308. The van der Waals surface area contributed by atoms with E-state index in [0.717, 1.165) is 21.8 Å². The van der Waals surface area contributed by atoms with Gasteiger partial charge in [0.1, 0.15) is 0 Å². The molecule has 0 bridgehead atoms. The van der Waals surface area contributed by atoms with E-state index in [-0.39, 0.29) is 0 Å². The van der Waals surface area contributed by atoms with E-state index in [1.54, 1.807) is 22.1 Å². The Bertz CT molecular complexity index is 775. The van der Waals surface area contributed by atoms with Crippen molar-refractivity contribution in [2.45, 2.75) is 6.92 Å². The van der Waals surface area contributed by atoms with Crippen molar-refractivity contribution < 1.29 is 9.53 Å². The molecule has 2 aromatic heterocycles. The fraction of sp³-hybridized carbons (Fsp3) is 0.125. The van der Waals surface area contributed by atoms with Crippen molar-refractivity contribution in [3.05, 3.63) is 59.1 Å². The van der Waals surface area contributed by atoms with Gasteiger partial charge in [-0.1, -0.05) is 18.2 Å². The summed E-state index contributed by atoms with van der Waals surface area (Å²) in [4.78, 5) is 12.8. The van der Waals surface area contributed by atoms with Crippen LogP contribution in [-0.4, -0.2) is 22.9 Å². The molecule has 0 saturated carbocycles. The molecule has 0 atom stereocenters. The number of carbonyl (C=O) groups excluding carboxylic acids is 1. The van der Waals surface area contributed by atoms with Crippen molar-refractivity contribution in [2.75, 3.05) is 7.11 Å². The van der Waals surface area contributed by atoms with Crippen molar-refractivity contribution in [3.8, 4) is 16.3 Å². The second-order valence-corrected chi connectivity index (χ2v) is 5.58. The first-order valence-electron chi connectivity index (χ1n) is 6.48. The Labute approximate surface area is 126 Å². The lowest BCUT2D eigenvalue weighted by Gasteiger charge is -2.06. The average Bonchev–Trinajstić information content (AvgIpc) is 3.15. The fourth-order valence-electron chi connectivity index (χ4n) is 2.14. The summed E-state index contributed by atoms with van der Waals surface area (Å²) in [6, 6.07) is 13.8.